The number of benzene rings is 1. The minimum absolute atomic E-state index is 0.598. The molecule has 0 aromatic heterocycles. The summed E-state index contributed by atoms with van der Waals surface area (Å²) in [5, 5.41) is 0. The smallest absolute Gasteiger partial charge is 0.0210 e. The van der Waals surface area contributed by atoms with Gasteiger partial charge in [0.1, 0.15) is 0 Å². The Morgan fingerprint density at radius 1 is 1.14 bits per heavy atom. The Morgan fingerprint density at radius 2 is 1.79 bits per heavy atom. The molecule has 0 bridgehead atoms. The van der Waals surface area contributed by atoms with Crippen LogP contribution in [-0.2, 0) is 0 Å². The largest absolute Gasteiger partial charge is 0.0871 e. The van der Waals surface area contributed by atoms with Crippen LogP contribution in [0.1, 0.15) is 48.9 Å². The lowest BCUT2D eigenvalue weighted by molar-refractivity contribution is 0.851. The minimum Gasteiger partial charge on any atom is -0.0871 e. The zero-order valence-corrected chi connectivity index (χ0v) is 9.89. The zero-order chi connectivity index (χ0) is 10.7. The molecule has 1 rings (SSSR count). The van der Waals surface area contributed by atoms with Crippen LogP contribution in [0.15, 0.2) is 18.2 Å². The number of hydrogen-bond donors (Lipinski definition) is 0. The predicted octanol–water partition coefficient (Wildman–Crippen LogP) is 4.46. The van der Waals surface area contributed by atoms with Gasteiger partial charge in [-0.05, 0) is 48.9 Å². The van der Waals surface area contributed by atoms with Crippen molar-refractivity contribution in [1.82, 2.24) is 0 Å². The molecule has 0 aliphatic heterocycles. The van der Waals surface area contributed by atoms with Gasteiger partial charge in [-0.2, -0.15) is 0 Å². The van der Waals surface area contributed by atoms with E-state index in [1.54, 1.807) is 0 Å². The van der Waals surface area contributed by atoms with Crippen molar-refractivity contribution in [2.24, 2.45) is 0 Å². The molecule has 0 nitrogen and oxygen atoms in total. The van der Waals surface area contributed by atoms with E-state index in [2.05, 4.69) is 58.9 Å². The Balaban J connectivity index is 3.37. The third-order valence-corrected chi connectivity index (χ3v) is 2.74. The highest BCUT2D eigenvalue weighted by Crippen LogP contribution is 2.26. The summed E-state index contributed by atoms with van der Waals surface area (Å²) in [5.41, 5.74) is 5.69. The van der Waals surface area contributed by atoms with Crippen molar-refractivity contribution in [3.05, 3.63) is 40.5 Å². The van der Waals surface area contributed by atoms with Crippen molar-refractivity contribution < 1.29 is 0 Å². The van der Waals surface area contributed by atoms with E-state index >= 15 is 0 Å². The van der Waals surface area contributed by atoms with Crippen molar-refractivity contribution in [2.75, 3.05) is 0 Å². The monoisotopic (exact) mass is 188 g/mol. The van der Waals surface area contributed by atoms with Gasteiger partial charge in [0.2, 0.25) is 0 Å². The van der Waals surface area contributed by atoms with E-state index < -0.39 is 0 Å². The summed E-state index contributed by atoms with van der Waals surface area (Å²) in [7, 11) is 0. The van der Waals surface area contributed by atoms with E-state index in [0.29, 0.717) is 5.92 Å². The summed E-state index contributed by atoms with van der Waals surface area (Å²) in [4.78, 5) is 0. The van der Waals surface area contributed by atoms with Gasteiger partial charge in [0.25, 0.3) is 0 Å². The summed E-state index contributed by atoms with van der Waals surface area (Å²) >= 11 is 0. The highest BCUT2D eigenvalue weighted by Gasteiger charge is 2.09. The number of hydrogen-bond acceptors (Lipinski definition) is 0. The standard InChI is InChI=1S/C14H20/c1-6-7-13-9-8-11(4)12(5)14(13)10(2)3/h6-10H,1-5H3/b7-6-. The number of aryl methyl sites for hydroxylation is 1. The van der Waals surface area contributed by atoms with E-state index in [0.717, 1.165) is 0 Å². The van der Waals surface area contributed by atoms with Crippen LogP contribution < -0.4 is 0 Å². The van der Waals surface area contributed by atoms with Crippen LogP contribution in [0.3, 0.4) is 0 Å². The van der Waals surface area contributed by atoms with Crippen LogP contribution in [0, 0.1) is 13.8 Å². The maximum absolute atomic E-state index is 2.26. The van der Waals surface area contributed by atoms with Crippen molar-refractivity contribution in [2.45, 2.75) is 40.5 Å². The molecule has 1 aromatic rings. The summed E-state index contributed by atoms with van der Waals surface area (Å²) < 4.78 is 0. The Hall–Kier alpha value is -1.04. The van der Waals surface area contributed by atoms with Gasteiger partial charge in [-0.1, -0.05) is 38.1 Å². The molecular formula is C14H20. The highest BCUT2D eigenvalue weighted by molar-refractivity contribution is 5.58. The van der Waals surface area contributed by atoms with Gasteiger partial charge in [-0.25, -0.2) is 0 Å². The molecule has 76 valence electrons. The van der Waals surface area contributed by atoms with Gasteiger partial charge in [0.05, 0.1) is 0 Å². The van der Waals surface area contributed by atoms with Gasteiger partial charge in [0, 0.05) is 0 Å². The van der Waals surface area contributed by atoms with Crippen molar-refractivity contribution in [3.63, 3.8) is 0 Å². The van der Waals surface area contributed by atoms with E-state index in [4.69, 9.17) is 0 Å². The average molecular weight is 188 g/mol. The molecule has 0 aliphatic carbocycles. The minimum atomic E-state index is 0.598. The number of rotatable bonds is 2. The molecule has 0 aliphatic rings. The summed E-state index contributed by atoms with van der Waals surface area (Å²) in [6.07, 6.45) is 4.30. The first-order chi connectivity index (χ1) is 6.57. The van der Waals surface area contributed by atoms with E-state index in [-0.39, 0.29) is 0 Å². The van der Waals surface area contributed by atoms with Crippen LogP contribution in [0.2, 0.25) is 0 Å². The van der Waals surface area contributed by atoms with E-state index in [1.807, 2.05) is 0 Å². The predicted molar refractivity (Wildman–Crippen MR) is 64.7 cm³/mol. The van der Waals surface area contributed by atoms with Gasteiger partial charge < -0.3 is 0 Å². The molecule has 0 spiro atoms. The number of allylic oxidation sites excluding steroid dienone is 1. The fraction of sp³-hybridized carbons (Fsp3) is 0.429. The second kappa shape index (κ2) is 4.45. The Labute approximate surface area is 87.7 Å². The Kier molecular flexibility index (Phi) is 3.51. The Bertz CT molecular complexity index is 343. The molecule has 14 heavy (non-hydrogen) atoms. The van der Waals surface area contributed by atoms with Gasteiger partial charge >= 0.3 is 0 Å². The fourth-order valence-electron chi connectivity index (χ4n) is 1.95. The quantitative estimate of drug-likeness (QED) is 0.642. The average Bonchev–Trinajstić information content (AvgIpc) is 2.11. The topological polar surface area (TPSA) is 0 Å². The lowest BCUT2D eigenvalue weighted by Crippen LogP contribution is -1.98. The molecule has 0 atom stereocenters. The maximum atomic E-state index is 2.26. The SMILES string of the molecule is C/C=C\c1ccc(C)c(C)c1C(C)C. The van der Waals surface area contributed by atoms with Gasteiger partial charge in [-0.15, -0.1) is 0 Å². The molecule has 0 radical (unpaired) electrons. The van der Waals surface area contributed by atoms with Crippen molar-refractivity contribution >= 4 is 6.08 Å². The lowest BCUT2D eigenvalue weighted by Gasteiger charge is -2.15. The molecular weight excluding hydrogens is 168 g/mol. The molecule has 0 heteroatoms. The molecule has 0 saturated carbocycles. The van der Waals surface area contributed by atoms with Gasteiger partial charge in [0.15, 0.2) is 0 Å². The second-order valence-electron chi connectivity index (χ2n) is 4.17. The molecule has 0 saturated heterocycles. The van der Waals surface area contributed by atoms with Crippen LogP contribution in [0.5, 0.6) is 0 Å². The maximum Gasteiger partial charge on any atom is -0.0210 e. The first kappa shape index (κ1) is 11.0. The molecule has 0 amide bonds. The van der Waals surface area contributed by atoms with E-state index in [1.165, 1.54) is 22.3 Å². The van der Waals surface area contributed by atoms with Crippen LogP contribution in [0.4, 0.5) is 0 Å². The van der Waals surface area contributed by atoms with Crippen molar-refractivity contribution in [3.8, 4) is 0 Å². The van der Waals surface area contributed by atoms with Crippen molar-refractivity contribution in [1.29, 1.82) is 0 Å². The lowest BCUT2D eigenvalue weighted by atomic mass is 9.90. The van der Waals surface area contributed by atoms with Gasteiger partial charge in [-0.3, -0.25) is 0 Å². The fourth-order valence-corrected chi connectivity index (χ4v) is 1.95. The van der Waals surface area contributed by atoms with Crippen LogP contribution in [0.25, 0.3) is 6.08 Å². The summed E-state index contributed by atoms with van der Waals surface area (Å²) in [5.74, 6) is 0.598. The first-order valence-corrected chi connectivity index (χ1v) is 5.30. The molecule has 0 N–H and O–H groups in total. The summed E-state index contributed by atoms with van der Waals surface area (Å²) in [6, 6.07) is 4.42. The first-order valence-electron chi connectivity index (χ1n) is 5.30. The van der Waals surface area contributed by atoms with E-state index in [9.17, 15) is 0 Å². The zero-order valence-electron chi connectivity index (χ0n) is 9.89. The normalized spacial score (nSPS) is 11.6. The molecule has 0 heterocycles. The second-order valence-corrected chi connectivity index (χ2v) is 4.17. The van der Waals surface area contributed by atoms with Crippen LogP contribution >= 0.6 is 0 Å². The summed E-state index contributed by atoms with van der Waals surface area (Å²) in [6.45, 7) is 11.0. The Morgan fingerprint density at radius 3 is 2.29 bits per heavy atom. The molecule has 0 unspecified atom stereocenters. The highest BCUT2D eigenvalue weighted by atomic mass is 14.1. The third kappa shape index (κ3) is 2.06. The third-order valence-electron chi connectivity index (χ3n) is 2.74. The van der Waals surface area contributed by atoms with Crippen LogP contribution in [-0.4, -0.2) is 0 Å². The molecule has 0 fully saturated rings. The molecule has 1 aromatic carbocycles.